The van der Waals surface area contributed by atoms with E-state index in [0.29, 0.717) is 34.4 Å². The number of tetrazole rings is 1. The van der Waals surface area contributed by atoms with Gasteiger partial charge in [0.2, 0.25) is 0 Å². The number of carbonyl (C=O) groups is 1. The van der Waals surface area contributed by atoms with E-state index < -0.39 is 0 Å². The third-order valence-electron chi connectivity index (χ3n) is 3.42. The van der Waals surface area contributed by atoms with Crippen LogP contribution in [0.25, 0.3) is 5.69 Å². The fraction of sp³-hybridized carbons (Fsp3) is 0.176. The maximum Gasteiger partial charge on any atom is 0.262 e. The largest absolute Gasteiger partial charge is 0.484 e. The summed E-state index contributed by atoms with van der Waals surface area (Å²) in [6, 6.07) is 14.2. The molecule has 0 spiro atoms. The average molecular weight is 358 g/mol. The number of benzene rings is 2. The fourth-order valence-electron chi connectivity index (χ4n) is 2.27. The first-order chi connectivity index (χ1) is 12.2. The Bertz CT molecular complexity index is 881. The molecule has 0 atom stereocenters. The first-order valence-corrected chi connectivity index (χ1v) is 8.10. The summed E-state index contributed by atoms with van der Waals surface area (Å²) >= 11 is 5.89. The van der Waals surface area contributed by atoms with Gasteiger partial charge in [-0.05, 0) is 40.8 Å². The zero-order chi connectivity index (χ0) is 17.6. The summed E-state index contributed by atoms with van der Waals surface area (Å²) in [4.78, 5) is 12.2. The highest BCUT2D eigenvalue weighted by Gasteiger charge is 2.13. The van der Waals surface area contributed by atoms with E-state index in [4.69, 9.17) is 16.3 Å². The fourth-order valence-corrected chi connectivity index (χ4v) is 2.45. The molecule has 0 unspecified atom stereocenters. The van der Waals surface area contributed by atoms with Crippen molar-refractivity contribution in [1.29, 1.82) is 0 Å². The number of nitrogens with zero attached hydrogens (tertiary/aromatic N) is 4. The summed E-state index contributed by atoms with van der Waals surface area (Å²) in [7, 11) is 0. The standard InChI is InChI=1S/C17H16ClN5O2/c1-2-16-20-21-22-23(16)15-9-4-3-8-14(15)19-17(24)11-25-13-7-5-6-12(18)10-13/h3-10H,2,11H2,1H3,(H,19,24). The summed E-state index contributed by atoms with van der Waals surface area (Å²) in [5, 5.41) is 15.0. The summed E-state index contributed by atoms with van der Waals surface area (Å²) in [6.45, 7) is 1.83. The third-order valence-corrected chi connectivity index (χ3v) is 3.66. The Morgan fingerprint density at radius 3 is 2.88 bits per heavy atom. The van der Waals surface area contributed by atoms with Crippen LogP contribution in [-0.4, -0.2) is 32.7 Å². The van der Waals surface area contributed by atoms with Crippen molar-refractivity contribution in [2.45, 2.75) is 13.3 Å². The van der Waals surface area contributed by atoms with Crippen LogP contribution in [-0.2, 0) is 11.2 Å². The van der Waals surface area contributed by atoms with Gasteiger partial charge in [0, 0.05) is 11.4 Å². The molecule has 0 saturated carbocycles. The van der Waals surface area contributed by atoms with Gasteiger partial charge in [-0.3, -0.25) is 4.79 Å². The number of amides is 1. The lowest BCUT2D eigenvalue weighted by Gasteiger charge is -2.12. The van der Waals surface area contributed by atoms with Crippen molar-refractivity contribution in [3.8, 4) is 11.4 Å². The van der Waals surface area contributed by atoms with Gasteiger partial charge in [0.25, 0.3) is 5.91 Å². The smallest absolute Gasteiger partial charge is 0.262 e. The number of hydrogen-bond acceptors (Lipinski definition) is 5. The molecule has 2 aromatic carbocycles. The maximum atomic E-state index is 12.2. The topological polar surface area (TPSA) is 81.9 Å². The van der Waals surface area contributed by atoms with Crippen LogP contribution < -0.4 is 10.1 Å². The summed E-state index contributed by atoms with van der Waals surface area (Å²) in [5.41, 5.74) is 1.30. The lowest BCUT2D eigenvalue weighted by Crippen LogP contribution is -2.21. The number of para-hydroxylation sites is 2. The Kier molecular flexibility index (Phi) is 5.25. The number of ether oxygens (including phenoxy) is 1. The number of carbonyl (C=O) groups excluding carboxylic acids is 1. The molecule has 25 heavy (non-hydrogen) atoms. The highest BCUT2D eigenvalue weighted by molar-refractivity contribution is 6.30. The van der Waals surface area contributed by atoms with Crippen molar-refractivity contribution in [2.75, 3.05) is 11.9 Å². The first kappa shape index (κ1) is 16.9. The van der Waals surface area contributed by atoms with Gasteiger partial charge in [-0.25, -0.2) is 0 Å². The highest BCUT2D eigenvalue weighted by Crippen LogP contribution is 2.20. The van der Waals surface area contributed by atoms with Crippen LogP contribution in [0.2, 0.25) is 5.02 Å². The van der Waals surface area contributed by atoms with E-state index in [2.05, 4.69) is 20.8 Å². The lowest BCUT2D eigenvalue weighted by molar-refractivity contribution is -0.118. The summed E-state index contributed by atoms with van der Waals surface area (Å²) < 4.78 is 7.06. The van der Waals surface area contributed by atoms with Crippen LogP contribution in [0.4, 0.5) is 5.69 Å². The summed E-state index contributed by atoms with van der Waals surface area (Å²) in [6.07, 6.45) is 0.674. The third kappa shape index (κ3) is 4.13. The number of anilines is 1. The van der Waals surface area contributed by atoms with Crippen LogP contribution in [0, 0.1) is 0 Å². The van der Waals surface area contributed by atoms with E-state index in [1.165, 1.54) is 0 Å². The van der Waals surface area contributed by atoms with Crippen molar-refractivity contribution in [3.63, 3.8) is 0 Å². The Labute approximate surface area is 149 Å². The van der Waals surface area contributed by atoms with E-state index in [1.807, 2.05) is 25.1 Å². The van der Waals surface area contributed by atoms with Gasteiger partial charge >= 0.3 is 0 Å². The minimum absolute atomic E-state index is 0.134. The molecule has 0 aliphatic rings. The lowest BCUT2D eigenvalue weighted by atomic mass is 10.2. The van der Waals surface area contributed by atoms with E-state index in [0.717, 1.165) is 0 Å². The summed E-state index contributed by atoms with van der Waals surface area (Å²) in [5.74, 6) is 0.945. The van der Waals surface area contributed by atoms with E-state index in [-0.39, 0.29) is 12.5 Å². The Balaban J connectivity index is 1.72. The monoisotopic (exact) mass is 357 g/mol. The van der Waals surface area contributed by atoms with Crippen molar-refractivity contribution in [1.82, 2.24) is 20.2 Å². The average Bonchev–Trinajstić information content (AvgIpc) is 3.09. The Morgan fingerprint density at radius 2 is 2.08 bits per heavy atom. The molecule has 3 aromatic rings. The second-order valence-corrected chi connectivity index (χ2v) is 5.61. The Morgan fingerprint density at radius 1 is 1.24 bits per heavy atom. The molecule has 128 valence electrons. The minimum atomic E-state index is -0.293. The molecular weight excluding hydrogens is 342 g/mol. The SMILES string of the molecule is CCc1nnnn1-c1ccccc1NC(=O)COc1cccc(Cl)c1. The van der Waals surface area contributed by atoms with Gasteiger partial charge in [0.15, 0.2) is 12.4 Å². The molecule has 0 saturated heterocycles. The van der Waals surface area contributed by atoms with Gasteiger partial charge in [-0.2, -0.15) is 4.68 Å². The number of aromatic nitrogens is 4. The molecule has 0 fully saturated rings. The molecule has 0 aliphatic heterocycles. The highest BCUT2D eigenvalue weighted by atomic mass is 35.5. The molecule has 0 bridgehead atoms. The van der Waals surface area contributed by atoms with Gasteiger partial charge in [0.05, 0.1) is 11.4 Å². The van der Waals surface area contributed by atoms with Crippen LogP contribution in [0.3, 0.4) is 0 Å². The minimum Gasteiger partial charge on any atom is -0.484 e. The van der Waals surface area contributed by atoms with Gasteiger partial charge in [-0.1, -0.05) is 36.7 Å². The van der Waals surface area contributed by atoms with Crippen molar-refractivity contribution >= 4 is 23.2 Å². The predicted molar refractivity (Wildman–Crippen MR) is 94.1 cm³/mol. The zero-order valence-electron chi connectivity index (χ0n) is 13.5. The molecule has 3 rings (SSSR count). The second kappa shape index (κ2) is 7.76. The molecule has 1 amide bonds. The van der Waals surface area contributed by atoms with Gasteiger partial charge < -0.3 is 10.1 Å². The molecule has 0 aliphatic carbocycles. The van der Waals surface area contributed by atoms with Crippen molar-refractivity contribution in [3.05, 3.63) is 59.4 Å². The van der Waals surface area contributed by atoms with E-state index in [1.54, 1.807) is 35.0 Å². The molecule has 1 aromatic heterocycles. The van der Waals surface area contributed by atoms with E-state index in [9.17, 15) is 4.79 Å². The molecule has 1 N–H and O–H groups in total. The maximum absolute atomic E-state index is 12.2. The van der Waals surface area contributed by atoms with E-state index >= 15 is 0 Å². The molecule has 7 nitrogen and oxygen atoms in total. The number of nitrogens with one attached hydrogen (secondary N) is 1. The van der Waals surface area contributed by atoms with Crippen LogP contribution in [0.1, 0.15) is 12.7 Å². The van der Waals surface area contributed by atoms with Crippen LogP contribution in [0.15, 0.2) is 48.5 Å². The molecule has 0 radical (unpaired) electrons. The predicted octanol–water partition coefficient (Wildman–Crippen LogP) is 2.90. The second-order valence-electron chi connectivity index (χ2n) is 5.17. The quantitative estimate of drug-likeness (QED) is 0.733. The Hall–Kier alpha value is -2.93. The normalized spacial score (nSPS) is 10.5. The van der Waals surface area contributed by atoms with Crippen molar-refractivity contribution < 1.29 is 9.53 Å². The number of halogens is 1. The number of hydrogen-bond donors (Lipinski definition) is 1. The van der Waals surface area contributed by atoms with Crippen molar-refractivity contribution in [2.24, 2.45) is 0 Å². The molecule has 8 heteroatoms. The molecular formula is C17H16ClN5O2. The zero-order valence-corrected chi connectivity index (χ0v) is 14.3. The number of aryl methyl sites for hydroxylation is 1. The first-order valence-electron chi connectivity index (χ1n) is 7.72. The van der Waals surface area contributed by atoms with Gasteiger partial charge in [0.1, 0.15) is 5.75 Å². The van der Waals surface area contributed by atoms with Crippen LogP contribution in [0.5, 0.6) is 5.75 Å². The van der Waals surface area contributed by atoms with Gasteiger partial charge in [-0.15, -0.1) is 5.10 Å². The number of rotatable bonds is 6. The van der Waals surface area contributed by atoms with Crippen LogP contribution >= 0.6 is 11.6 Å². The molecule has 1 heterocycles.